The van der Waals surface area contributed by atoms with E-state index in [1.54, 1.807) is 13.1 Å². The molecule has 2 aromatic rings. The van der Waals surface area contributed by atoms with E-state index in [9.17, 15) is 9.18 Å². The zero-order chi connectivity index (χ0) is 14.7. The van der Waals surface area contributed by atoms with Crippen molar-refractivity contribution in [3.05, 3.63) is 58.9 Å². The summed E-state index contributed by atoms with van der Waals surface area (Å²) in [6.45, 7) is 3.92. The number of para-hydroxylation sites is 1. The number of halogens is 1. The molecule has 0 bridgehead atoms. The highest BCUT2D eigenvalue weighted by Gasteiger charge is 2.14. The van der Waals surface area contributed by atoms with E-state index in [1.165, 1.54) is 12.1 Å². The molecule has 104 valence electrons. The average Bonchev–Trinajstić information content (AvgIpc) is 2.37. The van der Waals surface area contributed by atoms with Gasteiger partial charge in [0.2, 0.25) is 0 Å². The van der Waals surface area contributed by atoms with E-state index in [-0.39, 0.29) is 17.2 Å². The van der Waals surface area contributed by atoms with Gasteiger partial charge in [0.05, 0.1) is 11.3 Å². The monoisotopic (exact) mass is 272 g/mol. The molecule has 0 saturated heterocycles. The number of benzene rings is 2. The van der Waals surface area contributed by atoms with Crippen molar-refractivity contribution in [3.63, 3.8) is 0 Å². The Kier molecular flexibility index (Phi) is 4.03. The molecule has 4 heteroatoms. The predicted molar refractivity (Wildman–Crippen MR) is 79.8 cm³/mol. The molecule has 2 rings (SSSR count). The van der Waals surface area contributed by atoms with Crippen molar-refractivity contribution in [2.75, 3.05) is 17.7 Å². The summed E-state index contributed by atoms with van der Waals surface area (Å²) in [6, 6.07) is 10.2. The SMILES string of the molecule is CNc1c(F)cccc1C(=O)Nc1cc(C)cc(C)c1. The number of anilines is 2. The summed E-state index contributed by atoms with van der Waals surface area (Å²) in [5.41, 5.74) is 3.32. The number of carbonyl (C=O) groups is 1. The predicted octanol–water partition coefficient (Wildman–Crippen LogP) is 3.74. The summed E-state index contributed by atoms with van der Waals surface area (Å²) in [6.07, 6.45) is 0. The van der Waals surface area contributed by atoms with Gasteiger partial charge < -0.3 is 10.6 Å². The summed E-state index contributed by atoms with van der Waals surface area (Å²) in [7, 11) is 1.59. The van der Waals surface area contributed by atoms with Gasteiger partial charge in [-0.15, -0.1) is 0 Å². The van der Waals surface area contributed by atoms with Gasteiger partial charge in [0.25, 0.3) is 5.91 Å². The highest BCUT2D eigenvalue weighted by molar-refractivity contribution is 6.08. The van der Waals surface area contributed by atoms with Gasteiger partial charge in [-0.3, -0.25) is 4.79 Å². The van der Waals surface area contributed by atoms with Crippen LogP contribution in [0.3, 0.4) is 0 Å². The topological polar surface area (TPSA) is 41.1 Å². The molecule has 0 unspecified atom stereocenters. The van der Waals surface area contributed by atoms with Gasteiger partial charge in [-0.05, 0) is 49.2 Å². The zero-order valence-electron chi connectivity index (χ0n) is 11.8. The summed E-state index contributed by atoms with van der Waals surface area (Å²) in [5.74, 6) is -0.778. The van der Waals surface area contributed by atoms with E-state index >= 15 is 0 Å². The lowest BCUT2D eigenvalue weighted by Gasteiger charge is -2.11. The molecule has 20 heavy (non-hydrogen) atoms. The first-order chi connectivity index (χ1) is 9.51. The zero-order valence-corrected chi connectivity index (χ0v) is 11.8. The van der Waals surface area contributed by atoms with E-state index in [4.69, 9.17) is 0 Å². The highest BCUT2D eigenvalue weighted by atomic mass is 19.1. The van der Waals surface area contributed by atoms with Crippen LogP contribution in [0.1, 0.15) is 21.5 Å². The maximum atomic E-state index is 13.6. The van der Waals surface area contributed by atoms with Crippen molar-refractivity contribution in [2.45, 2.75) is 13.8 Å². The van der Waals surface area contributed by atoms with Crippen LogP contribution in [0.25, 0.3) is 0 Å². The average molecular weight is 272 g/mol. The minimum Gasteiger partial charge on any atom is -0.385 e. The second-order valence-corrected chi connectivity index (χ2v) is 4.74. The third kappa shape index (κ3) is 2.96. The van der Waals surface area contributed by atoms with E-state index in [0.29, 0.717) is 5.69 Å². The minimum atomic E-state index is -0.444. The summed E-state index contributed by atoms with van der Waals surface area (Å²) >= 11 is 0. The third-order valence-electron chi connectivity index (χ3n) is 2.99. The van der Waals surface area contributed by atoms with Crippen LogP contribution < -0.4 is 10.6 Å². The first kappa shape index (κ1) is 14.1. The Bertz CT molecular complexity index is 633. The molecule has 0 atom stereocenters. The number of carbonyl (C=O) groups excluding carboxylic acids is 1. The molecule has 0 aromatic heterocycles. The van der Waals surface area contributed by atoms with Crippen molar-refractivity contribution in [3.8, 4) is 0 Å². The Hall–Kier alpha value is -2.36. The fraction of sp³-hybridized carbons (Fsp3) is 0.188. The molecule has 0 aliphatic rings. The van der Waals surface area contributed by atoms with E-state index in [2.05, 4.69) is 10.6 Å². The second kappa shape index (κ2) is 5.74. The van der Waals surface area contributed by atoms with Gasteiger partial charge in [0.15, 0.2) is 0 Å². The molecule has 2 aromatic carbocycles. The van der Waals surface area contributed by atoms with Crippen LogP contribution in [-0.2, 0) is 0 Å². The van der Waals surface area contributed by atoms with Crippen molar-refractivity contribution in [2.24, 2.45) is 0 Å². The Morgan fingerprint density at radius 1 is 1.10 bits per heavy atom. The van der Waals surface area contributed by atoms with Crippen molar-refractivity contribution in [1.82, 2.24) is 0 Å². The molecule has 0 radical (unpaired) electrons. The molecule has 1 amide bonds. The largest absolute Gasteiger partial charge is 0.385 e. The van der Waals surface area contributed by atoms with Gasteiger partial charge >= 0.3 is 0 Å². The number of rotatable bonds is 3. The maximum Gasteiger partial charge on any atom is 0.257 e. The van der Waals surface area contributed by atoms with E-state index in [1.807, 2.05) is 32.0 Å². The molecule has 0 fully saturated rings. The smallest absolute Gasteiger partial charge is 0.257 e. The van der Waals surface area contributed by atoms with Crippen LogP contribution in [0, 0.1) is 19.7 Å². The number of amides is 1. The van der Waals surface area contributed by atoms with Crippen LogP contribution in [0.15, 0.2) is 36.4 Å². The molecule has 2 N–H and O–H groups in total. The number of hydrogen-bond donors (Lipinski definition) is 2. The molecular weight excluding hydrogens is 255 g/mol. The van der Waals surface area contributed by atoms with Crippen molar-refractivity contribution < 1.29 is 9.18 Å². The van der Waals surface area contributed by atoms with E-state index in [0.717, 1.165) is 11.1 Å². The Labute approximate surface area is 117 Å². The lowest BCUT2D eigenvalue weighted by atomic mass is 10.1. The molecule has 0 aliphatic heterocycles. The van der Waals surface area contributed by atoms with Gasteiger partial charge in [0.1, 0.15) is 5.82 Å². The molecule has 0 saturated carbocycles. The molecule has 0 spiro atoms. The summed E-state index contributed by atoms with van der Waals surface area (Å²) in [5, 5.41) is 5.51. The van der Waals surface area contributed by atoms with Crippen molar-refractivity contribution >= 4 is 17.3 Å². The van der Waals surface area contributed by atoms with Crippen molar-refractivity contribution in [1.29, 1.82) is 0 Å². The Morgan fingerprint density at radius 3 is 2.35 bits per heavy atom. The van der Waals surface area contributed by atoms with Crippen LogP contribution in [-0.4, -0.2) is 13.0 Å². The molecular formula is C16H17FN2O. The van der Waals surface area contributed by atoms with Crippen LogP contribution in [0.2, 0.25) is 0 Å². The molecule has 0 aliphatic carbocycles. The standard InChI is InChI=1S/C16H17FN2O/c1-10-7-11(2)9-12(8-10)19-16(20)13-5-4-6-14(17)15(13)18-3/h4-9,18H,1-3H3,(H,19,20). The minimum absolute atomic E-state index is 0.203. The first-order valence-corrected chi connectivity index (χ1v) is 6.37. The fourth-order valence-corrected chi connectivity index (χ4v) is 2.21. The number of aryl methyl sites for hydroxylation is 2. The number of hydrogen-bond acceptors (Lipinski definition) is 2. The quantitative estimate of drug-likeness (QED) is 0.893. The van der Waals surface area contributed by atoms with E-state index < -0.39 is 5.82 Å². The second-order valence-electron chi connectivity index (χ2n) is 4.74. The highest BCUT2D eigenvalue weighted by Crippen LogP contribution is 2.21. The molecule has 0 heterocycles. The normalized spacial score (nSPS) is 10.2. The summed E-state index contributed by atoms with van der Waals surface area (Å²) in [4.78, 5) is 12.3. The third-order valence-corrected chi connectivity index (χ3v) is 2.99. The summed E-state index contributed by atoms with van der Waals surface area (Å²) < 4.78 is 13.6. The lowest BCUT2D eigenvalue weighted by Crippen LogP contribution is -2.15. The Balaban J connectivity index is 2.31. The van der Waals surface area contributed by atoms with Gasteiger partial charge in [-0.25, -0.2) is 4.39 Å². The van der Waals surface area contributed by atoms with Gasteiger partial charge in [0, 0.05) is 12.7 Å². The Morgan fingerprint density at radius 2 is 1.75 bits per heavy atom. The maximum absolute atomic E-state index is 13.6. The van der Waals surface area contributed by atoms with Crippen LogP contribution in [0.5, 0.6) is 0 Å². The lowest BCUT2D eigenvalue weighted by molar-refractivity contribution is 0.102. The van der Waals surface area contributed by atoms with Crippen LogP contribution >= 0.6 is 0 Å². The van der Waals surface area contributed by atoms with Crippen LogP contribution in [0.4, 0.5) is 15.8 Å². The molecule has 3 nitrogen and oxygen atoms in total. The fourth-order valence-electron chi connectivity index (χ4n) is 2.21. The van der Waals surface area contributed by atoms with Gasteiger partial charge in [-0.1, -0.05) is 12.1 Å². The number of nitrogens with one attached hydrogen (secondary N) is 2. The first-order valence-electron chi connectivity index (χ1n) is 6.37. The van der Waals surface area contributed by atoms with Gasteiger partial charge in [-0.2, -0.15) is 0 Å².